The van der Waals surface area contributed by atoms with E-state index in [0.717, 1.165) is 24.1 Å². The molecular weight excluding hydrogens is 350 g/mol. The second-order valence-corrected chi connectivity index (χ2v) is 7.92. The maximum atomic E-state index is 12.3. The number of hydrogen-bond acceptors (Lipinski definition) is 6. The van der Waals surface area contributed by atoms with Crippen LogP contribution in [0.5, 0.6) is 0 Å². The highest BCUT2D eigenvalue weighted by atomic mass is 32.1. The first-order chi connectivity index (χ1) is 12.2. The molecule has 1 aliphatic carbocycles. The van der Waals surface area contributed by atoms with Gasteiger partial charge in [-0.15, -0.1) is 0 Å². The molecule has 0 spiro atoms. The summed E-state index contributed by atoms with van der Waals surface area (Å²) in [7, 11) is 1.68. The fraction of sp³-hybridized carbons (Fsp3) is 0.632. The van der Waals surface area contributed by atoms with Gasteiger partial charge in [0.15, 0.2) is 0 Å². The second-order valence-electron chi connectivity index (χ2n) is 7.74. The van der Waals surface area contributed by atoms with Crippen molar-refractivity contribution in [1.82, 2.24) is 10.3 Å². The third kappa shape index (κ3) is 5.34. The fourth-order valence-electron chi connectivity index (χ4n) is 3.65. The number of carbonyl (C=O) groups excluding carboxylic acids is 1. The number of thiocarbonyl (C=S) groups is 1. The van der Waals surface area contributed by atoms with E-state index in [4.69, 9.17) is 21.7 Å². The van der Waals surface area contributed by atoms with Crippen molar-refractivity contribution >= 4 is 29.2 Å². The van der Waals surface area contributed by atoms with Crippen LogP contribution in [0.4, 0.5) is 10.5 Å². The molecule has 0 radical (unpaired) electrons. The minimum absolute atomic E-state index is 0.0712. The quantitative estimate of drug-likeness (QED) is 0.628. The van der Waals surface area contributed by atoms with Gasteiger partial charge >= 0.3 is 6.09 Å². The predicted octanol–water partition coefficient (Wildman–Crippen LogP) is 4.24. The van der Waals surface area contributed by atoms with Crippen molar-refractivity contribution in [1.29, 1.82) is 0 Å². The van der Waals surface area contributed by atoms with E-state index < -0.39 is 11.7 Å². The number of nitrogens with one attached hydrogen (secondary N) is 1. The van der Waals surface area contributed by atoms with Gasteiger partial charge in [-0.3, -0.25) is 4.98 Å². The summed E-state index contributed by atoms with van der Waals surface area (Å²) in [4.78, 5) is 20.5. The molecule has 4 atom stereocenters. The normalized spacial score (nSPS) is 25.9. The van der Waals surface area contributed by atoms with Crippen LogP contribution in [-0.2, 0) is 9.47 Å². The number of isothiocyanates is 1. The summed E-state index contributed by atoms with van der Waals surface area (Å²) in [6.07, 6.45) is 4.60. The Morgan fingerprint density at radius 2 is 2.15 bits per heavy atom. The zero-order chi connectivity index (χ0) is 19.3. The number of nitrogens with zero attached hydrogens (tertiary/aromatic N) is 2. The molecule has 0 aliphatic heterocycles. The molecule has 1 amide bonds. The van der Waals surface area contributed by atoms with Crippen LogP contribution < -0.4 is 5.32 Å². The number of rotatable bonds is 4. The molecule has 0 aromatic carbocycles. The summed E-state index contributed by atoms with van der Waals surface area (Å²) >= 11 is 4.75. The van der Waals surface area contributed by atoms with E-state index >= 15 is 0 Å². The summed E-state index contributed by atoms with van der Waals surface area (Å²) in [5.41, 5.74) is 1.25. The summed E-state index contributed by atoms with van der Waals surface area (Å²) in [6, 6.07) is 1.81. The molecule has 1 heterocycles. The summed E-state index contributed by atoms with van der Waals surface area (Å²) in [5.74, 6) is 0.470. The Kier molecular flexibility index (Phi) is 6.87. The van der Waals surface area contributed by atoms with Gasteiger partial charge in [0, 0.05) is 13.3 Å². The lowest BCUT2D eigenvalue weighted by molar-refractivity contribution is -0.00869. The number of aromatic nitrogens is 1. The average molecular weight is 378 g/mol. The molecule has 1 saturated carbocycles. The Morgan fingerprint density at radius 1 is 1.42 bits per heavy atom. The van der Waals surface area contributed by atoms with E-state index in [2.05, 4.69) is 27.4 Å². The van der Waals surface area contributed by atoms with Gasteiger partial charge in [-0.25, -0.2) is 4.79 Å². The maximum absolute atomic E-state index is 12.3. The molecule has 1 aliphatic rings. The molecule has 26 heavy (non-hydrogen) atoms. The van der Waals surface area contributed by atoms with E-state index in [9.17, 15) is 4.79 Å². The number of alkyl carbamates (subject to hydrolysis) is 1. The first kappa shape index (κ1) is 20.5. The van der Waals surface area contributed by atoms with Gasteiger partial charge in [-0.05, 0) is 69.3 Å². The number of pyridine rings is 1. The summed E-state index contributed by atoms with van der Waals surface area (Å²) in [6.45, 7) is 7.67. The molecular formula is C19H27N3O3S. The highest BCUT2D eigenvalue weighted by molar-refractivity contribution is 7.78. The Bertz CT molecular complexity index is 683. The van der Waals surface area contributed by atoms with E-state index in [0.29, 0.717) is 0 Å². The largest absolute Gasteiger partial charge is 0.444 e. The minimum Gasteiger partial charge on any atom is -0.444 e. The molecule has 7 heteroatoms. The number of carbonyl (C=O) groups is 1. The first-order valence-electron chi connectivity index (χ1n) is 8.79. The highest BCUT2D eigenvalue weighted by Gasteiger charge is 2.38. The van der Waals surface area contributed by atoms with E-state index in [-0.39, 0.29) is 24.0 Å². The highest BCUT2D eigenvalue weighted by Crippen LogP contribution is 2.40. The van der Waals surface area contributed by atoms with Gasteiger partial charge in [0.2, 0.25) is 0 Å². The monoisotopic (exact) mass is 377 g/mol. The Hall–Kier alpha value is -1.82. The van der Waals surface area contributed by atoms with Crippen LogP contribution in [0, 0.1) is 5.92 Å². The van der Waals surface area contributed by atoms with Gasteiger partial charge in [0.25, 0.3) is 0 Å². The van der Waals surface area contributed by atoms with Gasteiger partial charge in [-0.2, -0.15) is 4.99 Å². The van der Waals surface area contributed by atoms with E-state index in [1.54, 1.807) is 19.5 Å². The van der Waals surface area contributed by atoms with Gasteiger partial charge < -0.3 is 14.8 Å². The Balaban J connectivity index is 2.22. The van der Waals surface area contributed by atoms with Crippen molar-refractivity contribution in [3.63, 3.8) is 0 Å². The standard InChI is InChI=1S/C19H27N3O3S/c1-12-8-13(14-6-7-20-10-16(14)21-11-26)9-15(17(12)24-5)22-18(23)25-19(2,3)4/h6-7,10,12-13,15,17H,8-9H2,1-5H3,(H,22,23)/t12-,13+,15+,17-/m0/s1. The average Bonchev–Trinajstić information content (AvgIpc) is 2.53. The van der Waals surface area contributed by atoms with Crippen molar-refractivity contribution in [2.45, 2.75) is 64.2 Å². The Labute approximate surface area is 160 Å². The molecule has 1 aromatic heterocycles. The number of amides is 1. The molecule has 0 unspecified atom stereocenters. The van der Waals surface area contributed by atoms with Crippen LogP contribution in [0.2, 0.25) is 0 Å². The topological polar surface area (TPSA) is 72.8 Å². The molecule has 0 saturated heterocycles. The van der Waals surface area contributed by atoms with E-state index in [1.165, 1.54) is 0 Å². The van der Waals surface area contributed by atoms with Gasteiger partial charge in [0.1, 0.15) is 5.60 Å². The lowest BCUT2D eigenvalue weighted by atomic mass is 9.74. The van der Waals surface area contributed by atoms with Crippen LogP contribution >= 0.6 is 12.2 Å². The number of ether oxygens (including phenoxy) is 2. The SMILES string of the molecule is CO[C@H]1[C@@H](C)C[C@@H](c2ccncc2N=C=S)C[C@H]1NC(=O)OC(C)(C)C. The minimum atomic E-state index is -0.543. The third-order valence-corrected chi connectivity index (χ3v) is 4.66. The van der Waals surface area contributed by atoms with Crippen LogP contribution in [-0.4, -0.2) is 41.1 Å². The molecule has 1 N–H and O–H groups in total. The number of hydrogen-bond donors (Lipinski definition) is 1. The number of aliphatic imine (C=N–C) groups is 1. The van der Waals surface area contributed by atoms with Crippen molar-refractivity contribution < 1.29 is 14.3 Å². The molecule has 142 valence electrons. The number of methoxy groups -OCH3 is 1. The smallest absolute Gasteiger partial charge is 0.407 e. The van der Waals surface area contributed by atoms with Crippen molar-refractivity contribution in [2.24, 2.45) is 10.9 Å². The van der Waals surface area contributed by atoms with Gasteiger partial charge in [-0.1, -0.05) is 6.92 Å². The van der Waals surface area contributed by atoms with Crippen LogP contribution in [0.15, 0.2) is 23.5 Å². The zero-order valence-electron chi connectivity index (χ0n) is 16.0. The molecule has 6 nitrogen and oxygen atoms in total. The maximum Gasteiger partial charge on any atom is 0.407 e. The molecule has 1 fully saturated rings. The van der Waals surface area contributed by atoms with Crippen LogP contribution in [0.1, 0.15) is 52.0 Å². The Morgan fingerprint density at radius 3 is 2.77 bits per heavy atom. The molecule has 1 aromatic rings. The summed E-state index contributed by atoms with van der Waals surface area (Å²) < 4.78 is 11.1. The predicted molar refractivity (Wildman–Crippen MR) is 104 cm³/mol. The first-order valence-corrected chi connectivity index (χ1v) is 9.20. The lowest BCUT2D eigenvalue weighted by Crippen LogP contribution is -2.51. The van der Waals surface area contributed by atoms with Gasteiger partial charge in [0.05, 0.1) is 29.2 Å². The van der Waals surface area contributed by atoms with Crippen molar-refractivity contribution in [3.8, 4) is 0 Å². The van der Waals surface area contributed by atoms with Crippen LogP contribution in [0.25, 0.3) is 0 Å². The third-order valence-electron chi connectivity index (χ3n) is 4.57. The van der Waals surface area contributed by atoms with E-state index in [1.807, 2.05) is 26.8 Å². The van der Waals surface area contributed by atoms with Crippen molar-refractivity contribution in [3.05, 3.63) is 24.0 Å². The lowest BCUT2D eigenvalue weighted by Gasteiger charge is -2.40. The van der Waals surface area contributed by atoms with Crippen LogP contribution in [0.3, 0.4) is 0 Å². The van der Waals surface area contributed by atoms with Crippen molar-refractivity contribution in [2.75, 3.05) is 7.11 Å². The zero-order valence-corrected chi connectivity index (χ0v) is 16.8. The molecule has 2 rings (SSSR count). The second kappa shape index (κ2) is 8.71. The summed E-state index contributed by atoms with van der Waals surface area (Å²) in [5, 5.41) is 5.41. The molecule has 0 bridgehead atoms. The fourth-order valence-corrected chi connectivity index (χ4v) is 3.75.